The van der Waals surface area contributed by atoms with Crippen LogP contribution in [0.4, 0.5) is 0 Å². The molecule has 2 atom stereocenters. The summed E-state index contributed by atoms with van der Waals surface area (Å²) in [6.07, 6.45) is 5.59. The van der Waals surface area contributed by atoms with Crippen molar-refractivity contribution in [3.8, 4) is 0 Å². The lowest BCUT2D eigenvalue weighted by atomic mass is 9.86. The van der Waals surface area contributed by atoms with Gasteiger partial charge < -0.3 is 15.3 Å². The molecule has 0 aromatic rings. The molecule has 2 N–H and O–H groups in total. The lowest BCUT2D eigenvalue weighted by molar-refractivity contribution is 0.136. The summed E-state index contributed by atoms with van der Waals surface area (Å²) in [6, 6.07) is 0.246. The van der Waals surface area contributed by atoms with Gasteiger partial charge in [-0.05, 0) is 32.0 Å². The van der Waals surface area contributed by atoms with Crippen molar-refractivity contribution in [2.75, 3.05) is 33.8 Å². The minimum Gasteiger partial charge on any atom is -0.395 e. The third-order valence-corrected chi connectivity index (χ3v) is 3.48. The molecule has 0 radical (unpaired) electrons. The van der Waals surface area contributed by atoms with Crippen LogP contribution in [0.1, 0.15) is 6.42 Å². The zero-order chi connectivity index (χ0) is 10.8. The van der Waals surface area contributed by atoms with E-state index in [4.69, 9.17) is 0 Å². The molecule has 2 aliphatic rings. The molecule has 84 valence electrons. The summed E-state index contributed by atoms with van der Waals surface area (Å²) in [7, 11) is 4.07. The van der Waals surface area contributed by atoms with Crippen LogP contribution >= 0.6 is 0 Å². The standard InChI is InChI=1S/C12H20N2O/c1-14(2)12(8-15)9-3-4-10-6-13-7-11(10)5-9/h3-4,9,12-13,15H,5-8H2,1-2H3. The van der Waals surface area contributed by atoms with Crippen molar-refractivity contribution < 1.29 is 5.11 Å². The predicted molar refractivity (Wildman–Crippen MR) is 61.7 cm³/mol. The van der Waals surface area contributed by atoms with Gasteiger partial charge in [-0.15, -0.1) is 0 Å². The summed E-state index contributed by atoms with van der Waals surface area (Å²) < 4.78 is 0. The van der Waals surface area contributed by atoms with Crippen LogP contribution in [-0.4, -0.2) is 49.8 Å². The molecule has 0 bridgehead atoms. The highest BCUT2D eigenvalue weighted by molar-refractivity contribution is 5.36. The Morgan fingerprint density at radius 1 is 1.53 bits per heavy atom. The van der Waals surface area contributed by atoms with Crippen LogP contribution in [0.15, 0.2) is 23.3 Å². The zero-order valence-corrected chi connectivity index (χ0v) is 9.53. The number of aliphatic hydroxyl groups is 1. The Balaban J connectivity index is 2.06. The second-order valence-electron chi connectivity index (χ2n) is 4.67. The maximum Gasteiger partial charge on any atom is 0.0592 e. The van der Waals surface area contributed by atoms with Gasteiger partial charge in [0, 0.05) is 19.1 Å². The number of hydrogen-bond donors (Lipinski definition) is 2. The topological polar surface area (TPSA) is 35.5 Å². The molecule has 1 aliphatic heterocycles. The van der Waals surface area contributed by atoms with Crippen LogP contribution in [0, 0.1) is 5.92 Å². The maximum absolute atomic E-state index is 9.38. The molecule has 0 fully saturated rings. The largest absolute Gasteiger partial charge is 0.395 e. The normalized spacial score (nSPS) is 27.3. The SMILES string of the molecule is CN(C)C(CO)C1C=CC2=C(CNC2)C1. The van der Waals surface area contributed by atoms with Crippen LogP contribution in [0.2, 0.25) is 0 Å². The Hall–Kier alpha value is -0.640. The Labute approximate surface area is 91.5 Å². The summed E-state index contributed by atoms with van der Waals surface area (Å²) in [5, 5.41) is 12.8. The van der Waals surface area contributed by atoms with Crippen molar-refractivity contribution >= 4 is 0 Å². The van der Waals surface area contributed by atoms with E-state index in [1.165, 1.54) is 11.1 Å². The lowest BCUT2D eigenvalue weighted by Crippen LogP contribution is -2.38. The first-order valence-electron chi connectivity index (χ1n) is 5.59. The molecule has 2 rings (SSSR count). The van der Waals surface area contributed by atoms with Crippen LogP contribution in [-0.2, 0) is 0 Å². The van der Waals surface area contributed by atoms with Gasteiger partial charge in [0.2, 0.25) is 0 Å². The highest BCUT2D eigenvalue weighted by atomic mass is 16.3. The zero-order valence-electron chi connectivity index (χ0n) is 9.53. The molecule has 0 saturated heterocycles. The van der Waals surface area contributed by atoms with E-state index in [1.807, 2.05) is 14.1 Å². The molecule has 0 aromatic carbocycles. The van der Waals surface area contributed by atoms with Crippen molar-refractivity contribution in [1.82, 2.24) is 10.2 Å². The molecular formula is C12H20N2O. The Morgan fingerprint density at radius 3 is 3.00 bits per heavy atom. The molecule has 0 saturated carbocycles. The Bertz CT molecular complexity index is 294. The van der Waals surface area contributed by atoms with Gasteiger partial charge in [-0.25, -0.2) is 0 Å². The maximum atomic E-state index is 9.38. The molecule has 1 aliphatic carbocycles. The first-order chi connectivity index (χ1) is 7.22. The number of nitrogens with zero attached hydrogens (tertiary/aromatic N) is 1. The fourth-order valence-electron chi connectivity index (χ4n) is 2.50. The number of aliphatic hydroxyl groups excluding tert-OH is 1. The Morgan fingerprint density at radius 2 is 2.33 bits per heavy atom. The average Bonchev–Trinajstić information content (AvgIpc) is 2.65. The van der Waals surface area contributed by atoms with Crippen molar-refractivity contribution in [2.24, 2.45) is 5.92 Å². The minimum absolute atomic E-state index is 0.234. The van der Waals surface area contributed by atoms with Crippen molar-refractivity contribution in [3.05, 3.63) is 23.3 Å². The molecule has 1 heterocycles. The van der Waals surface area contributed by atoms with Gasteiger partial charge in [0.15, 0.2) is 0 Å². The molecule has 0 amide bonds. The highest BCUT2D eigenvalue weighted by Gasteiger charge is 2.26. The predicted octanol–water partition coefficient (Wildman–Crippen LogP) is 0.385. The second-order valence-corrected chi connectivity index (χ2v) is 4.67. The van der Waals surface area contributed by atoms with E-state index in [9.17, 15) is 5.11 Å². The van der Waals surface area contributed by atoms with Gasteiger partial charge in [0.05, 0.1) is 6.61 Å². The van der Waals surface area contributed by atoms with Gasteiger partial charge in [0.25, 0.3) is 0 Å². The third kappa shape index (κ3) is 2.14. The summed E-state index contributed by atoms with van der Waals surface area (Å²) >= 11 is 0. The Kier molecular flexibility index (Phi) is 3.24. The summed E-state index contributed by atoms with van der Waals surface area (Å²) in [5.41, 5.74) is 2.99. The average molecular weight is 208 g/mol. The van der Waals surface area contributed by atoms with E-state index >= 15 is 0 Å². The van der Waals surface area contributed by atoms with Crippen LogP contribution in [0.5, 0.6) is 0 Å². The van der Waals surface area contributed by atoms with E-state index in [-0.39, 0.29) is 12.6 Å². The van der Waals surface area contributed by atoms with Crippen LogP contribution < -0.4 is 5.32 Å². The molecule has 15 heavy (non-hydrogen) atoms. The summed E-state index contributed by atoms with van der Waals surface area (Å²) in [6.45, 7) is 2.28. The summed E-state index contributed by atoms with van der Waals surface area (Å²) in [5.74, 6) is 0.462. The molecule has 2 unspecified atom stereocenters. The molecule has 3 heteroatoms. The lowest BCUT2D eigenvalue weighted by Gasteiger charge is -2.31. The smallest absolute Gasteiger partial charge is 0.0592 e. The fraction of sp³-hybridized carbons (Fsp3) is 0.667. The van der Waals surface area contributed by atoms with Gasteiger partial charge in [-0.3, -0.25) is 0 Å². The first kappa shape index (κ1) is 10.9. The van der Waals surface area contributed by atoms with E-state index in [0.29, 0.717) is 5.92 Å². The second kappa shape index (κ2) is 4.47. The van der Waals surface area contributed by atoms with E-state index < -0.39 is 0 Å². The van der Waals surface area contributed by atoms with E-state index in [0.717, 1.165) is 19.5 Å². The van der Waals surface area contributed by atoms with Gasteiger partial charge in [-0.2, -0.15) is 0 Å². The van der Waals surface area contributed by atoms with Gasteiger partial charge in [0.1, 0.15) is 0 Å². The summed E-state index contributed by atoms with van der Waals surface area (Å²) in [4.78, 5) is 2.11. The van der Waals surface area contributed by atoms with Crippen molar-refractivity contribution in [2.45, 2.75) is 12.5 Å². The quantitative estimate of drug-likeness (QED) is 0.704. The van der Waals surface area contributed by atoms with E-state index in [1.54, 1.807) is 0 Å². The monoisotopic (exact) mass is 208 g/mol. The molecular weight excluding hydrogens is 188 g/mol. The first-order valence-corrected chi connectivity index (χ1v) is 5.59. The number of rotatable bonds is 3. The number of hydrogen-bond acceptors (Lipinski definition) is 3. The van der Waals surface area contributed by atoms with Crippen molar-refractivity contribution in [3.63, 3.8) is 0 Å². The minimum atomic E-state index is 0.234. The van der Waals surface area contributed by atoms with Gasteiger partial charge >= 0.3 is 0 Å². The van der Waals surface area contributed by atoms with Crippen LogP contribution in [0.25, 0.3) is 0 Å². The molecule has 3 nitrogen and oxygen atoms in total. The molecule has 0 aromatic heterocycles. The van der Waals surface area contributed by atoms with Crippen LogP contribution in [0.3, 0.4) is 0 Å². The number of nitrogens with one attached hydrogen (secondary N) is 1. The number of likely N-dealkylation sites (N-methyl/N-ethyl adjacent to an activating group) is 1. The molecule has 0 spiro atoms. The van der Waals surface area contributed by atoms with Gasteiger partial charge in [-0.1, -0.05) is 17.7 Å². The van der Waals surface area contributed by atoms with E-state index in [2.05, 4.69) is 22.4 Å². The fourth-order valence-corrected chi connectivity index (χ4v) is 2.50. The van der Waals surface area contributed by atoms with Crippen molar-refractivity contribution in [1.29, 1.82) is 0 Å². The highest BCUT2D eigenvalue weighted by Crippen LogP contribution is 2.29. The third-order valence-electron chi connectivity index (χ3n) is 3.48.